The van der Waals surface area contributed by atoms with E-state index in [1.54, 1.807) is 3.71 Å². The summed E-state index contributed by atoms with van der Waals surface area (Å²) >= 11 is 4.79. The van der Waals surface area contributed by atoms with Crippen molar-refractivity contribution in [2.24, 2.45) is 0 Å². The van der Waals surface area contributed by atoms with Crippen molar-refractivity contribution in [3.63, 3.8) is 0 Å². The average molecular weight is 216 g/mol. The van der Waals surface area contributed by atoms with Crippen molar-refractivity contribution >= 4 is 44.7 Å². The molecule has 0 spiro atoms. The molecule has 0 aromatic carbocycles. The standard InChI is InChI=1S/C3H7NOS2Se/c1-6-4(7-2)3(5)8/h1-2H3,(H,5,8). The zero-order chi connectivity index (χ0) is 6.57. The van der Waals surface area contributed by atoms with Crippen molar-refractivity contribution in [1.82, 2.24) is 3.71 Å². The molecule has 5 heteroatoms. The van der Waals surface area contributed by atoms with Gasteiger partial charge in [-0.25, -0.2) is 0 Å². The zero-order valence-electron chi connectivity index (χ0n) is 4.62. The van der Waals surface area contributed by atoms with Crippen LogP contribution < -0.4 is 0 Å². The average Bonchev–Trinajstić information content (AvgIpc) is 1.69. The Hall–Kier alpha value is 0.689. The molecule has 2 nitrogen and oxygen atoms in total. The van der Waals surface area contributed by atoms with Gasteiger partial charge in [-0.05, 0) is 0 Å². The second-order valence-corrected chi connectivity index (χ2v) is 3.40. The molecule has 0 aliphatic heterocycles. The van der Waals surface area contributed by atoms with E-state index >= 15 is 0 Å². The van der Waals surface area contributed by atoms with Gasteiger partial charge in [0.25, 0.3) is 0 Å². The van der Waals surface area contributed by atoms with Crippen molar-refractivity contribution in [2.75, 3.05) is 12.5 Å². The number of hydrogen-bond donors (Lipinski definition) is 0. The minimum atomic E-state index is 0.0255. The summed E-state index contributed by atoms with van der Waals surface area (Å²) in [6.07, 6.45) is 3.73. The predicted molar refractivity (Wildman–Crippen MR) is 41.4 cm³/mol. The molecule has 0 radical (unpaired) electrons. The number of hydrogen-bond acceptors (Lipinski definition) is 3. The molecule has 0 aromatic rings. The maximum absolute atomic E-state index is 10.5. The molecule has 0 bridgehead atoms. The van der Waals surface area contributed by atoms with E-state index in [0.29, 0.717) is 0 Å². The molecular weight excluding hydrogens is 209 g/mol. The van der Waals surface area contributed by atoms with Gasteiger partial charge < -0.3 is 0 Å². The van der Waals surface area contributed by atoms with Crippen molar-refractivity contribution in [1.29, 1.82) is 0 Å². The quantitative estimate of drug-likeness (QED) is 0.504. The first kappa shape index (κ1) is 8.69. The van der Waals surface area contributed by atoms with Crippen LogP contribution in [0.15, 0.2) is 0 Å². The van der Waals surface area contributed by atoms with E-state index in [0.717, 1.165) is 0 Å². The van der Waals surface area contributed by atoms with Gasteiger partial charge in [-0.3, -0.25) is 0 Å². The Kier molecular flexibility index (Phi) is 4.95. The molecule has 0 saturated carbocycles. The summed E-state index contributed by atoms with van der Waals surface area (Å²) in [7, 11) is 0. The summed E-state index contributed by atoms with van der Waals surface area (Å²) in [5, 5.41) is 0. The van der Waals surface area contributed by atoms with E-state index < -0.39 is 0 Å². The summed E-state index contributed by atoms with van der Waals surface area (Å²) < 4.78 is 1.58. The number of rotatable bonds is 2. The van der Waals surface area contributed by atoms with Crippen molar-refractivity contribution < 1.29 is 4.79 Å². The summed E-state index contributed by atoms with van der Waals surface area (Å²) in [6, 6.07) is 0. The molecule has 0 saturated heterocycles. The summed E-state index contributed by atoms with van der Waals surface area (Å²) in [5.41, 5.74) is 0. The van der Waals surface area contributed by atoms with E-state index in [-0.39, 0.29) is 4.81 Å². The van der Waals surface area contributed by atoms with Gasteiger partial charge in [-0.1, -0.05) is 0 Å². The number of carbonyl (C=O) groups excluding carboxylic acids is 1. The molecular formula is C3H7NOS2Se. The van der Waals surface area contributed by atoms with E-state index in [1.807, 2.05) is 28.5 Å². The first-order valence-corrected chi connectivity index (χ1v) is 5.13. The second kappa shape index (κ2) is 4.56. The molecule has 48 valence electrons. The number of nitrogens with zero attached hydrogens (tertiary/aromatic N) is 1. The van der Waals surface area contributed by atoms with Crippen LogP contribution >= 0.6 is 23.9 Å². The molecule has 0 rings (SSSR count). The minimum absolute atomic E-state index is 0.0255. The molecule has 0 unspecified atom stereocenters. The van der Waals surface area contributed by atoms with Gasteiger partial charge in [-0.15, -0.1) is 0 Å². The third-order valence-electron chi connectivity index (χ3n) is 0.488. The molecule has 0 atom stereocenters. The van der Waals surface area contributed by atoms with Crippen LogP contribution in [0.5, 0.6) is 0 Å². The molecule has 0 aliphatic carbocycles. The number of amides is 1. The zero-order valence-corrected chi connectivity index (χ0v) is 8.13. The first-order chi connectivity index (χ1) is 3.72. The molecule has 0 aliphatic rings. The molecule has 0 N–H and O–H groups in total. The van der Waals surface area contributed by atoms with Crippen LogP contribution in [-0.4, -0.2) is 37.0 Å². The van der Waals surface area contributed by atoms with Crippen LogP contribution in [0, 0.1) is 0 Å². The van der Waals surface area contributed by atoms with Gasteiger partial charge in [-0.2, -0.15) is 0 Å². The van der Waals surface area contributed by atoms with Gasteiger partial charge in [0.05, 0.1) is 0 Å². The Morgan fingerprint density at radius 2 is 1.88 bits per heavy atom. The van der Waals surface area contributed by atoms with Crippen molar-refractivity contribution in [3.8, 4) is 0 Å². The maximum atomic E-state index is 10.5. The Morgan fingerprint density at radius 3 is 1.88 bits per heavy atom. The second-order valence-electron chi connectivity index (χ2n) is 0.905. The van der Waals surface area contributed by atoms with E-state index in [9.17, 15) is 4.79 Å². The molecule has 0 heterocycles. The van der Waals surface area contributed by atoms with Crippen LogP contribution in [0.4, 0.5) is 4.79 Å². The summed E-state index contributed by atoms with van der Waals surface area (Å²) in [5.74, 6) is 0. The van der Waals surface area contributed by atoms with Crippen molar-refractivity contribution in [3.05, 3.63) is 0 Å². The molecule has 0 fully saturated rings. The van der Waals surface area contributed by atoms with Crippen LogP contribution in [0.1, 0.15) is 0 Å². The summed E-state index contributed by atoms with van der Waals surface area (Å²) in [6.45, 7) is 0. The SMILES string of the molecule is CSN(SC)C(=O)[SeH]. The van der Waals surface area contributed by atoms with Crippen LogP contribution in [0.3, 0.4) is 0 Å². The Labute approximate surface area is 65.8 Å². The number of carbonyl (C=O) groups is 1. The van der Waals surface area contributed by atoms with E-state index in [1.165, 1.54) is 23.9 Å². The normalized spacial score (nSPS) is 8.88. The Bertz CT molecular complexity index is 85.4. The topological polar surface area (TPSA) is 20.3 Å². The van der Waals surface area contributed by atoms with Gasteiger partial charge in [0, 0.05) is 0 Å². The fourth-order valence-electron chi connectivity index (χ4n) is 0.231. The van der Waals surface area contributed by atoms with E-state index in [4.69, 9.17) is 0 Å². The van der Waals surface area contributed by atoms with Gasteiger partial charge in [0.15, 0.2) is 0 Å². The molecule has 8 heavy (non-hydrogen) atoms. The first-order valence-electron chi connectivity index (χ1n) is 1.83. The van der Waals surface area contributed by atoms with Gasteiger partial charge >= 0.3 is 65.7 Å². The predicted octanol–water partition coefficient (Wildman–Crippen LogP) is 0.865. The monoisotopic (exact) mass is 217 g/mol. The van der Waals surface area contributed by atoms with E-state index in [2.05, 4.69) is 0 Å². The summed E-state index contributed by atoms with van der Waals surface area (Å²) in [4.78, 5) is 10.5. The van der Waals surface area contributed by atoms with Crippen LogP contribution in [0.25, 0.3) is 0 Å². The third-order valence-corrected chi connectivity index (χ3v) is 3.39. The third kappa shape index (κ3) is 2.87. The van der Waals surface area contributed by atoms with Crippen LogP contribution in [-0.2, 0) is 0 Å². The van der Waals surface area contributed by atoms with Gasteiger partial charge in [0.1, 0.15) is 0 Å². The molecule has 1 amide bonds. The van der Waals surface area contributed by atoms with Crippen LogP contribution in [0.2, 0.25) is 0 Å². The fraction of sp³-hybridized carbons (Fsp3) is 0.667. The Morgan fingerprint density at radius 1 is 1.50 bits per heavy atom. The fourth-order valence-corrected chi connectivity index (χ4v) is 2.17. The molecule has 0 aromatic heterocycles. The Balaban J connectivity index is 3.52. The van der Waals surface area contributed by atoms with Gasteiger partial charge in [0.2, 0.25) is 0 Å². The van der Waals surface area contributed by atoms with Crippen molar-refractivity contribution in [2.45, 2.75) is 0 Å².